The zero-order valence-corrected chi connectivity index (χ0v) is 19.8. The van der Waals surface area contributed by atoms with Gasteiger partial charge in [0, 0.05) is 5.69 Å². The molecule has 0 saturated heterocycles. The van der Waals surface area contributed by atoms with Crippen molar-refractivity contribution in [2.45, 2.75) is 25.9 Å². The molecule has 2 aromatic heterocycles. The monoisotopic (exact) mass is 464 g/mol. The van der Waals surface area contributed by atoms with E-state index in [1.807, 2.05) is 79.2 Å². The second kappa shape index (κ2) is 10.0. The van der Waals surface area contributed by atoms with Gasteiger partial charge in [0.2, 0.25) is 5.91 Å². The number of carbonyl (C=O) groups excluding carboxylic acids is 1. The molecule has 8 heteroatoms. The van der Waals surface area contributed by atoms with Crippen LogP contribution in [0.15, 0.2) is 65.1 Å². The highest BCUT2D eigenvalue weighted by Gasteiger charge is 2.18. The van der Waals surface area contributed by atoms with Gasteiger partial charge in [-0.3, -0.25) is 9.36 Å². The number of carbonyl (C=O) groups is 1. The lowest BCUT2D eigenvalue weighted by Gasteiger charge is -2.11. The van der Waals surface area contributed by atoms with Gasteiger partial charge in [-0.15, -0.1) is 21.5 Å². The summed E-state index contributed by atoms with van der Waals surface area (Å²) in [6, 6.07) is 17.8. The minimum absolute atomic E-state index is 0.0843. The van der Waals surface area contributed by atoms with Crippen LogP contribution < -0.4 is 10.1 Å². The van der Waals surface area contributed by atoms with Crippen LogP contribution in [0, 0.1) is 13.8 Å². The van der Waals surface area contributed by atoms with Gasteiger partial charge >= 0.3 is 0 Å². The van der Waals surface area contributed by atoms with Gasteiger partial charge in [-0.25, -0.2) is 0 Å². The zero-order chi connectivity index (χ0) is 22.5. The van der Waals surface area contributed by atoms with E-state index in [0.29, 0.717) is 11.8 Å². The number of rotatable bonds is 8. The van der Waals surface area contributed by atoms with Crippen molar-refractivity contribution in [3.8, 4) is 22.1 Å². The Labute approximate surface area is 195 Å². The Morgan fingerprint density at radius 3 is 2.50 bits per heavy atom. The number of hydrogen-bond acceptors (Lipinski definition) is 6. The summed E-state index contributed by atoms with van der Waals surface area (Å²) in [6.45, 7) is 6.61. The molecule has 4 aromatic rings. The molecule has 2 aromatic carbocycles. The second-order valence-corrected chi connectivity index (χ2v) is 9.15. The highest BCUT2D eigenvalue weighted by atomic mass is 32.2. The van der Waals surface area contributed by atoms with Crippen LogP contribution in [0.25, 0.3) is 16.4 Å². The molecule has 0 unspecified atom stereocenters. The molecular formula is C24H24N4O2S2. The maximum atomic E-state index is 12.6. The SMILES string of the molecule is CCOc1ccc(-n2c(SCC(=O)Nc3cc(C)cc(C)c3)nnc2-c2cccs2)cc1. The maximum Gasteiger partial charge on any atom is 0.234 e. The number of thiophene rings is 1. The third-order valence-corrected chi connectivity index (χ3v) is 6.41. The predicted octanol–water partition coefficient (Wildman–Crippen LogP) is 5.74. The predicted molar refractivity (Wildman–Crippen MR) is 131 cm³/mol. The molecule has 0 bridgehead atoms. The molecular weight excluding hydrogens is 440 g/mol. The Hall–Kier alpha value is -3.10. The van der Waals surface area contributed by atoms with Crippen LogP contribution in [-0.4, -0.2) is 33.0 Å². The van der Waals surface area contributed by atoms with Crippen LogP contribution in [0.4, 0.5) is 5.69 Å². The van der Waals surface area contributed by atoms with E-state index in [-0.39, 0.29) is 11.7 Å². The molecule has 4 rings (SSSR count). The summed E-state index contributed by atoms with van der Waals surface area (Å²) in [5, 5.41) is 14.5. The van der Waals surface area contributed by atoms with Gasteiger partial charge in [-0.05, 0) is 79.7 Å². The Balaban J connectivity index is 1.56. The summed E-state index contributed by atoms with van der Waals surface area (Å²) in [7, 11) is 0. The number of benzene rings is 2. The van der Waals surface area contributed by atoms with Crippen LogP contribution in [0.3, 0.4) is 0 Å². The van der Waals surface area contributed by atoms with E-state index in [0.717, 1.165) is 39.0 Å². The molecule has 1 amide bonds. The molecule has 0 saturated carbocycles. The van der Waals surface area contributed by atoms with Gasteiger partial charge < -0.3 is 10.1 Å². The number of nitrogens with zero attached hydrogens (tertiary/aromatic N) is 3. The van der Waals surface area contributed by atoms with Crippen LogP contribution in [0.5, 0.6) is 5.75 Å². The average molecular weight is 465 g/mol. The summed E-state index contributed by atoms with van der Waals surface area (Å²) >= 11 is 2.96. The lowest BCUT2D eigenvalue weighted by molar-refractivity contribution is -0.113. The maximum absolute atomic E-state index is 12.6. The van der Waals surface area contributed by atoms with Crippen molar-refractivity contribution in [2.24, 2.45) is 0 Å². The number of anilines is 1. The standard InChI is InChI=1S/C24H24N4O2S2/c1-4-30-20-9-7-19(8-10-20)28-23(21-6-5-11-31-21)26-27-24(28)32-15-22(29)25-18-13-16(2)12-17(3)14-18/h5-14H,4,15H2,1-3H3,(H,25,29). The highest BCUT2D eigenvalue weighted by molar-refractivity contribution is 7.99. The normalized spacial score (nSPS) is 10.8. The number of nitrogens with one attached hydrogen (secondary N) is 1. The fourth-order valence-corrected chi connectivity index (χ4v) is 4.84. The summed E-state index contributed by atoms with van der Waals surface area (Å²) < 4.78 is 7.55. The van der Waals surface area contributed by atoms with Crippen molar-refractivity contribution in [3.63, 3.8) is 0 Å². The molecule has 2 heterocycles. The van der Waals surface area contributed by atoms with Gasteiger partial charge in [0.1, 0.15) is 5.75 Å². The molecule has 0 spiro atoms. The Bertz CT molecular complexity index is 1180. The summed E-state index contributed by atoms with van der Waals surface area (Å²) in [6.07, 6.45) is 0. The van der Waals surface area contributed by atoms with Gasteiger partial charge in [-0.1, -0.05) is 23.9 Å². The van der Waals surface area contributed by atoms with Crippen LogP contribution >= 0.6 is 23.1 Å². The minimum Gasteiger partial charge on any atom is -0.494 e. The fourth-order valence-electron chi connectivity index (χ4n) is 3.39. The average Bonchev–Trinajstić information content (AvgIpc) is 3.42. The number of aryl methyl sites for hydroxylation is 2. The van der Waals surface area contributed by atoms with Crippen LogP contribution in [0.2, 0.25) is 0 Å². The highest BCUT2D eigenvalue weighted by Crippen LogP contribution is 2.31. The van der Waals surface area contributed by atoms with Crippen molar-refractivity contribution in [2.75, 3.05) is 17.7 Å². The molecule has 1 N–H and O–H groups in total. The first-order valence-corrected chi connectivity index (χ1v) is 12.1. The van der Waals surface area contributed by atoms with Gasteiger partial charge in [0.05, 0.1) is 22.9 Å². The van der Waals surface area contributed by atoms with Crippen LogP contribution in [-0.2, 0) is 4.79 Å². The van der Waals surface area contributed by atoms with Crippen molar-refractivity contribution in [1.29, 1.82) is 0 Å². The first-order chi connectivity index (χ1) is 15.5. The fraction of sp³-hybridized carbons (Fsp3) is 0.208. The molecule has 0 atom stereocenters. The molecule has 32 heavy (non-hydrogen) atoms. The lowest BCUT2D eigenvalue weighted by Crippen LogP contribution is -2.14. The van der Waals surface area contributed by atoms with Gasteiger partial charge in [-0.2, -0.15) is 0 Å². The topological polar surface area (TPSA) is 69.0 Å². The van der Waals surface area contributed by atoms with E-state index in [9.17, 15) is 4.79 Å². The quantitative estimate of drug-likeness (QED) is 0.337. The van der Waals surface area contributed by atoms with Gasteiger partial charge in [0.15, 0.2) is 11.0 Å². The smallest absolute Gasteiger partial charge is 0.234 e. The number of aromatic nitrogens is 3. The first-order valence-electron chi connectivity index (χ1n) is 10.3. The van der Waals surface area contributed by atoms with E-state index in [4.69, 9.17) is 4.74 Å². The van der Waals surface area contributed by atoms with E-state index in [1.54, 1.807) is 11.3 Å². The van der Waals surface area contributed by atoms with Crippen molar-refractivity contribution < 1.29 is 9.53 Å². The van der Waals surface area contributed by atoms with Crippen LogP contribution in [0.1, 0.15) is 18.1 Å². The second-order valence-electron chi connectivity index (χ2n) is 7.26. The van der Waals surface area contributed by atoms with Gasteiger partial charge in [0.25, 0.3) is 0 Å². The van der Waals surface area contributed by atoms with E-state index in [1.165, 1.54) is 11.8 Å². The third kappa shape index (κ3) is 5.20. The Morgan fingerprint density at radius 1 is 1.09 bits per heavy atom. The lowest BCUT2D eigenvalue weighted by atomic mass is 10.1. The molecule has 164 valence electrons. The summed E-state index contributed by atoms with van der Waals surface area (Å²) in [5.41, 5.74) is 3.95. The molecule has 0 fully saturated rings. The number of amides is 1. The van der Waals surface area contributed by atoms with E-state index < -0.39 is 0 Å². The number of thioether (sulfide) groups is 1. The summed E-state index contributed by atoms with van der Waals surface area (Å²) in [4.78, 5) is 13.6. The largest absolute Gasteiger partial charge is 0.494 e. The minimum atomic E-state index is -0.0843. The Morgan fingerprint density at radius 2 is 1.84 bits per heavy atom. The molecule has 6 nitrogen and oxygen atoms in total. The molecule has 0 aliphatic carbocycles. The third-order valence-electron chi connectivity index (χ3n) is 4.62. The molecule has 0 aliphatic heterocycles. The van der Waals surface area contributed by atoms with Crippen molar-refractivity contribution in [1.82, 2.24) is 14.8 Å². The van der Waals surface area contributed by atoms with Crippen molar-refractivity contribution in [3.05, 3.63) is 71.1 Å². The van der Waals surface area contributed by atoms with E-state index in [2.05, 4.69) is 21.6 Å². The zero-order valence-electron chi connectivity index (χ0n) is 18.2. The molecule has 0 radical (unpaired) electrons. The van der Waals surface area contributed by atoms with Crippen molar-refractivity contribution >= 4 is 34.7 Å². The summed E-state index contributed by atoms with van der Waals surface area (Å²) in [5.74, 6) is 1.70. The number of hydrogen-bond donors (Lipinski definition) is 1. The van der Waals surface area contributed by atoms with E-state index >= 15 is 0 Å². The number of ether oxygens (including phenoxy) is 1. The first kappa shape index (κ1) is 22.1. The molecule has 0 aliphatic rings. The Kier molecular flexibility index (Phi) is 6.92.